The molecule has 0 bridgehead atoms. The lowest BCUT2D eigenvalue weighted by Crippen LogP contribution is -2.34. The third-order valence-electron chi connectivity index (χ3n) is 2.20. The first kappa shape index (κ1) is 6.64. The summed E-state index contributed by atoms with van der Waals surface area (Å²) in [5.74, 6) is -0.165. The first-order valence-corrected chi connectivity index (χ1v) is 3.83. The lowest BCUT2D eigenvalue weighted by Gasteiger charge is -2.16. The number of hydrogen-bond donors (Lipinski definition) is 1. The Bertz CT molecular complexity index is 222. The van der Waals surface area contributed by atoms with Gasteiger partial charge in [0, 0.05) is 6.04 Å². The maximum absolute atomic E-state index is 11.1. The molecule has 0 aromatic carbocycles. The molecular formula is C7H10N2O2. The predicted octanol–water partition coefficient (Wildman–Crippen LogP) is 0.0891. The van der Waals surface area contributed by atoms with Gasteiger partial charge in [0.15, 0.2) is 0 Å². The fraction of sp³-hybridized carbons (Fsp3) is 0.714. The van der Waals surface area contributed by atoms with Crippen LogP contribution in [0.15, 0.2) is 0 Å². The second kappa shape index (κ2) is 1.96. The Morgan fingerprint density at radius 2 is 2.09 bits per heavy atom. The summed E-state index contributed by atoms with van der Waals surface area (Å²) in [5.41, 5.74) is 0. The molecule has 60 valence electrons. The third kappa shape index (κ3) is 0.895. The highest BCUT2D eigenvalue weighted by atomic mass is 16.2. The number of nitrogens with one attached hydrogen (secondary N) is 1. The van der Waals surface area contributed by atoms with Gasteiger partial charge in [0.2, 0.25) is 0 Å². The maximum atomic E-state index is 11.1. The average molecular weight is 154 g/mol. The van der Waals surface area contributed by atoms with E-state index in [4.69, 9.17) is 0 Å². The Morgan fingerprint density at radius 3 is 2.45 bits per heavy atom. The molecule has 0 spiro atoms. The summed E-state index contributed by atoms with van der Waals surface area (Å²) in [4.78, 5) is 23.7. The Kier molecular flexibility index (Phi) is 1.19. The minimum atomic E-state index is -0.255. The van der Waals surface area contributed by atoms with Gasteiger partial charge >= 0.3 is 6.03 Å². The molecule has 0 aromatic rings. The molecule has 1 atom stereocenters. The highest BCUT2D eigenvalue weighted by Crippen LogP contribution is 2.30. The second-order valence-corrected chi connectivity index (χ2v) is 3.11. The molecule has 1 N–H and O–H groups in total. The van der Waals surface area contributed by atoms with E-state index in [1.807, 2.05) is 0 Å². The fourth-order valence-corrected chi connectivity index (χ4v) is 1.41. The van der Waals surface area contributed by atoms with E-state index in [9.17, 15) is 9.59 Å². The molecule has 11 heavy (non-hydrogen) atoms. The fourth-order valence-electron chi connectivity index (χ4n) is 1.41. The molecule has 1 saturated carbocycles. The van der Waals surface area contributed by atoms with Crippen LogP contribution in [-0.2, 0) is 4.79 Å². The highest BCUT2D eigenvalue weighted by molar-refractivity contribution is 6.04. The molecule has 2 rings (SSSR count). The molecule has 2 aliphatic rings. The van der Waals surface area contributed by atoms with Gasteiger partial charge in [-0.25, -0.2) is 4.79 Å². The highest BCUT2D eigenvalue weighted by Gasteiger charge is 2.43. The van der Waals surface area contributed by atoms with Crippen molar-refractivity contribution < 1.29 is 9.59 Å². The van der Waals surface area contributed by atoms with E-state index < -0.39 is 0 Å². The van der Waals surface area contributed by atoms with Crippen LogP contribution >= 0.6 is 0 Å². The average Bonchev–Trinajstić information content (AvgIpc) is 2.68. The van der Waals surface area contributed by atoms with E-state index in [2.05, 4.69) is 5.32 Å². The van der Waals surface area contributed by atoms with Crippen molar-refractivity contribution in [3.8, 4) is 0 Å². The van der Waals surface area contributed by atoms with Gasteiger partial charge in [-0.15, -0.1) is 0 Å². The van der Waals surface area contributed by atoms with Crippen LogP contribution in [0.4, 0.5) is 4.79 Å². The first-order valence-electron chi connectivity index (χ1n) is 3.83. The summed E-state index contributed by atoms with van der Waals surface area (Å²) in [6.45, 7) is 1.76. The number of imide groups is 1. The summed E-state index contributed by atoms with van der Waals surface area (Å²) in [6.07, 6.45) is 2.09. The molecule has 2 fully saturated rings. The minimum absolute atomic E-state index is 0.165. The first-order chi connectivity index (χ1) is 5.20. The van der Waals surface area contributed by atoms with Crippen molar-refractivity contribution in [1.29, 1.82) is 0 Å². The number of amides is 3. The molecule has 3 amide bonds. The van der Waals surface area contributed by atoms with Gasteiger partial charge in [-0.1, -0.05) is 0 Å². The quantitative estimate of drug-likeness (QED) is 0.544. The van der Waals surface area contributed by atoms with Crippen molar-refractivity contribution in [2.24, 2.45) is 0 Å². The van der Waals surface area contributed by atoms with E-state index in [0.717, 1.165) is 12.8 Å². The van der Waals surface area contributed by atoms with Crippen molar-refractivity contribution in [1.82, 2.24) is 10.2 Å². The van der Waals surface area contributed by atoms with Crippen molar-refractivity contribution in [3.63, 3.8) is 0 Å². The largest absolute Gasteiger partial charge is 0.325 e. The Hall–Kier alpha value is -1.06. The van der Waals surface area contributed by atoms with Gasteiger partial charge in [0.05, 0.1) is 0 Å². The Morgan fingerprint density at radius 1 is 1.45 bits per heavy atom. The van der Waals surface area contributed by atoms with Gasteiger partial charge in [-0.05, 0) is 19.8 Å². The molecule has 4 heteroatoms. The van der Waals surface area contributed by atoms with Crippen LogP contribution in [-0.4, -0.2) is 28.9 Å². The number of hydrogen-bond acceptors (Lipinski definition) is 2. The third-order valence-corrected chi connectivity index (χ3v) is 2.20. The van der Waals surface area contributed by atoms with Gasteiger partial charge in [0.1, 0.15) is 6.04 Å². The van der Waals surface area contributed by atoms with Gasteiger partial charge in [0.25, 0.3) is 5.91 Å². The van der Waals surface area contributed by atoms with Crippen molar-refractivity contribution in [2.45, 2.75) is 31.8 Å². The van der Waals surface area contributed by atoms with Crippen LogP contribution in [0.25, 0.3) is 0 Å². The van der Waals surface area contributed by atoms with E-state index in [1.165, 1.54) is 0 Å². The summed E-state index contributed by atoms with van der Waals surface area (Å²) >= 11 is 0. The summed E-state index contributed by atoms with van der Waals surface area (Å²) in [6, 6.07) is -0.142. The lowest BCUT2D eigenvalue weighted by molar-refractivity contribution is -0.121. The minimum Gasteiger partial charge on any atom is -0.310 e. The van der Waals surface area contributed by atoms with Crippen LogP contribution in [0.1, 0.15) is 19.8 Å². The molecule has 4 nitrogen and oxygen atoms in total. The SMILES string of the molecule is CC1C(=O)NC(=O)N1C1CC1. The van der Waals surface area contributed by atoms with E-state index in [1.54, 1.807) is 11.8 Å². The van der Waals surface area contributed by atoms with Gasteiger partial charge in [-0.2, -0.15) is 0 Å². The lowest BCUT2D eigenvalue weighted by atomic mass is 10.3. The molecule has 1 aliphatic carbocycles. The normalized spacial score (nSPS) is 31.0. The zero-order valence-corrected chi connectivity index (χ0v) is 6.33. The number of urea groups is 1. The summed E-state index contributed by atoms with van der Waals surface area (Å²) in [7, 11) is 0. The molecule has 0 aromatic heterocycles. The molecule has 1 aliphatic heterocycles. The Balaban J connectivity index is 2.17. The number of carbonyl (C=O) groups is 2. The van der Waals surface area contributed by atoms with Crippen molar-refractivity contribution >= 4 is 11.9 Å². The van der Waals surface area contributed by atoms with Crippen LogP contribution < -0.4 is 5.32 Å². The second-order valence-electron chi connectivity index (χ2n) is 3.11. The standard InChI is InChI=1S/C7H10N2O2/c1-4-6(10)8-7(11)9(4)5-2-3-5/h4-5H,2-3H2,1H3,(H,8,10,11). The van der Waals surface area contributed by atoms with Crippen LogP contribution in [0, 0.1) is 0 Å². The van der Waals surface area contributed by atoms with E-state index in [0.29, 0.717) is 6.04 Å². The van der Waals surface area contributed by atoms with Gasteiger partial charge < -0.3 is 4.90 Å². The van der Waals surface area contributed by atoms with E-state index >= 15 is 0 Å². The number of rotatable bonds is 1. The maximum Gasteiger partial charge on any atom is 0.325 e. The van der Waals surface area contributed by atoms with Crippen LogP contribution in [0.5, 0.6) is 0 Å². The van der Waals surface area contributed by atoms with Crippen LogP contribution in [0.3, 0.4) is 0 Å². The van der Waals surface area contributed by atoms with Gasteiger partial charge in [-0.3, -0.25) is 10.1 Å². The monoisotopic (exact) mass is 154 g/mol. The zero-order chi connectivity index (χ0) is 8.01. The van der Waals surface area contributed by atoms with E-state index in [-0.39, 0.29) is 18.0 Å². The molecule has 1 heterocycles. The Labute approximate surface area is 64.5 Å². The number of carbonyl (C=O) groups excluding carboxylic acids is 2. The zero-order valence-electron chi connectivity index (χ0n) is 6.33. The van der Waals surface area contributed by atoms with Crippen molar-refractivity contribution in [2.75, 3.05) is 0 Å². The predicted molar refractivity (Wildman–Crippen MR) is 37.9 cm³/mol. The van der Waals surface area contributed by atoms with Crippen molar-refractivity contribution in [3.05, 3.63) is 0 Å². The topological polar surface area (TPSA) is 49.4 Å². The molecule has 1 unspecified atom stereocenters. The number of nitrogens with zero attached hydrogens (tertiary/aromatic N) is 1. The smallest absolute Gasteiger partial charge is 0.310 e. The molecular weight excluding hydrogens is 144 g/mol. The summed E-state index contributed by atoms with van der Waals surface area (Å²) < 4.78 is 0. The molecule has 1 saturated heterocycles. The van der Waals surface area contributed by atoms with Crippen LogP contribution in [0.2, 0.25) is 0 Å². The summed E-state index contributed by atoms with van der Waals surface area (Å²) in [5, 5.41) is 2.29. The molecule has 0 radical (unpaired) electrons.